The molecule has 0 saturated heterocycles. The van der Waals surface area contributed by atoms with Crippen molar-refractivity contribution < 1.29 is 4.79 Å². The first kappa shape index (κ1) is 7.99. The van der Waals surface area contributed by atoms with E-state index in [1.807, 2.05) is 25.1 Å². The lowest BCUT2D eigenvalue weighted by molar-refractivity contribution is 0.112. The van der Waals surface area contributed by atoms with E-state index in [0.29, 0.717) is 0 Å². The lowest BCUT2D eigenvalue weighted by Gasteiger charge is -2.03. The Kier molecular flexibility index (Phi) is 2.42. The minimum absolute atomic E-state index is 0.856. The zero-order chi connectivity index (χ0) is 8.27. The first-order valence-corrected chi connectivity index (χ1v) is 3.83. The molecule has 0 aliphatic heterocycles. The van der Waals surface area contributed by atoms with Crippen LogP contribution in [-0.2, 0) is 6.42 Å². The third-order valence-electron chi connectivity index (χ3n) is 1.91. The van der Waals surface area contributed by atoms with Crippen LogP contribution in [0.1, 0.15) is 28.4 Å². The average molecular weight is 148 g/mol. The molecule has 0 radical (unpaired) electrons. The van der Waals surface area contributed by atoms with Crippen LogP contribution in [0.3, 0.4) is 0 Å². The van der Waals surface area contributed by atoms with Crippen LogP contribution in [0, 0.1) is 6.92 Å². The molecule has 1 aromatic rings. The van der Waals surface area contributed by atoms with E-state index in [1.165, 1.54) is 0 Å². The van der Waals surface area contributed by atoms with Gasteiger partial charge in [-0.15, -0.1) is 0 Å². The van der Waals surface area contributed by atoms with E-state index >= 15 is 0 Å². The fourth-order valence-corrected chi connectivity index (χ4v) is 1.22. The molecule has 1 rings (SSSR count). The van der Waals surface area contributed by atoms with Crippen LogP contribution in [0.2, 0.25) is 0 Å². The summed E-state index contributed by atoms with van der Waals surface area (Å²) in [6, 6.07) is 5.95. The van der Waals surface area contributed by atoms with Crippen molar-refractivity contribution in [1.29, 1.82) is 0 Å². The quantitative estimate of drug-likeness (QED) is 0.588. The molecule has 0 aromatic heterocycles. The molecule has 0 saturated carbocycles. The van der Waals surface area contributed by atoms with Gasteiger partial charge in [0.2, 0.25) is 0 Å². The van der Waals surface area contributed by atoms with Gasteiger partial charge in [-0.2, -0.15) is 0 Å². The van der Waals surface area contributed by atoms with E-state index in [-0.39, 0.29) is 0 Å². The van der Waals surface area contributed by atoms with Gasteiger partial charge in [0.15, 0.2) is 6.29 Å². The summed E-state index contributed by atoms with van der Waals surface area (Å²) in [4.78, 5) is 10.6. The number of carbonyl (C=O) groups is 1. The van der Waals surface area contributed by atoms with Crippen molar-refractivity contribution in [3.05, 3.63) is 34.9 Å². The Labute approximate surface area is 67.1 Å². The number of benzene rings is 1. The Morgan fingerprint density at radius 2 is 2.18 bits per heavy atom. The molecule has 0 bridgehead atoms. The predicted molar refractivity (Wildman–Crippen MR) is 45.9 cm³/mol. The van der Waals surface area contributed by atoms with Crippen LogP contribution < -0.4 is 0 Å². The van der Waals surface area contributed by atoms with E-state index in [1.54, 1.807) is 0 Å². The molecular formula is C10H12O. The largest absolute Gasteiger partial charge is 0.298 e. The van der Waals surface area contributed by atoms with Gasteiger partial charge in [0.05, 0.1) is 0 Å². The van der Waals surface area contributed by atoms with Crippen molar-refractivity contribution in [3.8, 4) is 0 Å². The molecule has 0 spiro atoms. The van der Waals surface area contributed by atoms with Crippen LogP contribution in [0.4, 0.5) is 0 Å². The third kappa shape index (κ3) is 1.48. The minimum Gasteiger partial charge on any atom is -0.298 e. The Morgan fingerprint density at radius 3 is 2.64 bits per heavy atom. The number of carbonyl (C=O) groups excluding carboxylic acids is 1. The molecule has 0 atom stereocenters. The minimum atomic E-state index is 0.856. The number of aryl methyl sites for hydroxylation is 2. The molecular weight excluding hydrogens is 136 g/mol. The van der Waals surface area contributed by atoms with Crippen molar-refractivity contribution in [2.45, 2.75) is 20.3 Å². The van der Waals surface area contributed by atoms with Crippen molar-refractivity contribution >= 4 is 6.29 Å². The second kappa shape index (κ2) is 3.33. The highest BCUT2D eigenvalue weighted by atomic mass is 16.1. The summed E-state index contributed by atoms with van der Waals surface area (Å²) >= 11 is 0. The van der Waals surface area contributed by atoms with Gasteiger partial charge in [0, 0.05) is 5.56 Å². The zero-order valence-corrected chi connectivity index (χ0v) is 6.92. The Morgan fingerprint density at radius 1 is 1.45 bits per heavy atom. The SMILES string of the molecule is CCc1cccc(C)c1C=O. The molecule has 0 fully saturated rings. The van der Waals surface area contributed by atoms with E-state index in [2.05, 4.69) is 6.92 Å². The van der Waals surface area contributed by atoms with Gasteiger partial charge in [-0.1, -0.05) is 25.1 Å². The second-order valence-electron chi connectivity index (χ2n) is 2.62. The standard InChI is InChI=1S/C10H12O/c1-3-9-6-4-5-8(2)10(9)7-11/h4-7H,3H2,1-2H3. The molecule has 0 aliphatic rings. The zero-order valence-electron chi connectivity index (χ0n) is 6.92. The van der Waals surface area contributed by atoms with E-state index in [4.69, 9.17) is 0 Å². The topological polar surface area (TPSA) is 17.1 Å². The maximum absolute atomic E-state index is 10.6. The van der Waals surface area contributed by atoms with E-state index in [0.717, 1.165) is 29.4 Å². The van der Waals surface area contributed by atoms with Crippen LogP contribution in [0.5, 0.6) is 0 Å². The molecule has 1 aromatic carbocycles. The highest BCUT2D eigenvalue weighted by Crippen LogP contribution is 2.11. The fraction of sp³-hybridized carbons (Fsp3) is 0.300. The fourth-order valence-electron chi connectivity index (χ4n) is 1.22. The summed E-state index contributed by atoms with van der Waals surface area (Å²) in [7, 11) is 0. The third-order valence-corrected chi connectivity index (χ3v) is 1.91. The lowest BCUT2D eigenvalue weighted by atomic mass is 10.0. The number of hydrogen-bond acceptors (Lipinski definition) is 1. The summed E-state index contributed by atoms with van der Waals surface area (Å²) < 4.78 is 0. The lowest BCUT2D eigenvalue weighted by Crippen LogP contribution is -1.93. The first-order chi connectivity index (χ1) is 5.29. The summed E-state index contributed by atoms with van der Waals surface area (Å²) in [5, 5.41) is 0. The predicted octanol–water partition coefficient (Wildman–Crippen LogP) is 2.37. The monoisotopic (exact) mass is 148 g/mol. The smallest absolute Gasteiger partial charge is 0.150 e. The Bertz CT molecular complexity index is 264. The average Bonchev–Trinajstić information content (AvgIpc) is 2.04. The van der Waals surface area contributed by atoms with Gasteiger partial charge in [0.25, 0.3) is 0 Å². The maximum atomic E-state index is 10.6. The highest BCUT2D eigenvalue weighted by molar-refractivity contribution is 5.79. The molecule has 11 heavy (non-hydrogen) atoms. The molecule has 0 heterocycles. The van der Waals surface area contributed by atoms with Gasteiger partial charge in [-0.05, 0) is 24.5 Å². The van der Waals surface area contributed by atoms with Crippen molar-refractivity contribution in [1.82, 2.24) is 0 Å². The molecule has 1 heteroatoms. The number of rotatable bonds is 2. The molecule has 0 aliphatic carbocycles. The number of aldehydes is 1. The molecule has 0 unspecified atom stereocenters. The van der Waals surface area contributed by atoms with Gasteiger partial charge in [-0.25, -0.2) is 0 Å². The van der Waals surface area contributed by atoms with Gasteiger partial charge >= 0.3 is 0 Å². The van der Waals surface area contributed by atoms with Gasteiger partial charge < -0.3 is 0 Å². The van der Waals surface area contributed by atoms with Crippen molar-refractivity contribution in [2.75, 3.05) is 0 Å². The van der Waals surface area contributed by atoms with E-state index < -0.39 is 0 Å². The Balaban J connectivity index is 3.24. The Hall–Kier alpha value is -1.11. The normalized spacial score (nSPS) is 9.64. The summed E-state index contributed by atoms with van der Waals surface area (Å²) in [5.41, 5.74) is 3.06. The van der Waals surface area contributed by atoms with Crippen LogP contribution in [-0.4, -0.2) is 6.29 Å². The molecule has 0 N–H and O–H groups in total. The van der Waals surface area contributed by atoms with Gasteiger partial charge in [-0.3, -0.25) is 4.79 Å². The van der Waals surface area contributed by atoms with Gasteiger partial charge in [0.1, 0.15) is 0 Å². The van der Waals surface area contributed by atoms with Crippen molar-refractivity contribution in [3.63, 3.8) is 0 Å². The van der Waals surface area contributed by atoms with Crippen LogP contribution in [0.25, 0.3) is 0 Å². The number of hydrogen-bond donors (Lipinski definition) is 0. The second-order valence-corrected chi connectivity index (χ2v) is 2.62. The first-order valence-electron chi connectivity index (χ1n) is 3.83. The summed E-state index contributed by atoms with van der Waals surface area (Å²) in [5.74, 6) is 0. The highest BCUT2D eigenvalue weighted by Gasteiger charge is 2.00. The molecule has 0 amide bonds. The van der Waals surface area contributed by atoms with Crippen molar-refractivity contribution in [2.24, 2.45) is 0 Å². The van der Waals surface area contributed by atoms with Crippen LogP contribution >= 0.6 is 0 Å². The molecule has 1 nitrogen and oxygen atoms in total. The summed E-state index contributed by atoms with van der Waals surface area (Å²) in [6.07, 6.45) is 1.86. The van der Waals surface area contributed by atoms with E-state index in [9.17, 15) is 4.79 Å². The molecule has 58 valence electrons. The van der Waals surface area contributed by atoms with Crippen LogP contribution in [0.15, 0.2) is 18.2 Å². The maximum Gasteiger partial charge on any atom is 0.150 e. The summed E-state index contributed by atoms with van der Waals surface area (Å²) in [6.45, 7) is 4.02.